The molecule has 0 aliphatic carbocycles. The van der Waals surface area contributed by atoms with Gasteiger partial charge in [-0.25, -0.2) is 4.68 Å². The third kappa shape index (κ3) is 3.36. The van der Waals surface area contributed by atoms with E-state index in [4.69, 9.17) is 4.42 Å². The molecule has 1 aliphatic heterocycles. The standard InChI is InChI=1S/C17H25N5O2/c1-4-11-10-14(24-13(11)5-2)16(23)20-17-19-15(21-22(17)3)12-6-8-18-9-7-12/h10,12,18H,4-9H2,1-3H3,(H,19,20,21,23). The Hall–Kier alpha value is -2.15. The highest BCUT2D eigenvalue weighted by atomic mass is 16.4. The second-order valence-corrected chi connectivity index (χ2v) is 6.16. The van der Waals surface area contributed by atoms with Gasteiger partial charge in [-0.1, -0.05) is 13.8 Å². The summed E-state index contributed by atoms with van der Waals surface area (Å²) in [7, 11) is 1.80. The molecule has 24 heavy (non-hydrogen) atoms. The number of nitrogens with zero attached hydrogens (tertiary/aromatic N) is 3. The van der Waals surface area contributed by atoms with E-state index >= 15 is 0 Å². The summed E-state index contributed by atoms with van der Waals surface area (Å²) in [6, 6.07) is 1.82. The van der Waals surface area contributed by atoms with Gasteiger partial charge in [-0.15, -0.1) is 0 Å². The minimum absolute atomic E-state index is 0.281. The Morgan fingerprint density at radius 2 is 2.12 bits per heavy atom. The summed E-state index contributed by atoms with van der Waals surface area (Å²) in [6.45, 7) is 6.04. The zero-order valence-corrected chi connectivity index (χ0v) is 14.6. The van der Waals surface area contributed by atoms with Crippen LogP contribution in [0.2, 0.25) is 0 Å². The van der Waals surface area contributed by atoms with Crippen molar-refractivity contribution in [2.45, 2.75) is 45.4 Å². The molecular weight excluding hydrogens is 306 g/mol. The predicted molar refractivity (Wildman–Crippen MR) is 91.3 cm³/mol. The number of furan rings is 1. The molecule has 130 valence electrons. The maximum absolute atomic E-state index is 12.5. The van der Waals surface area contributed by atoms with Crippen LogP contribution < -0.4 is 10.6 Å². The Morgan fingerprint density at radius 1 is 1.38 bits per heavy atom. The summed E-state index contributed by atoms with van der Waals surface area (Å²) in [6.07, 6.45) is 3.68. The molecule has 1 fully saturated rings. The maximum atomic E-state index is 12.5. The first-order valence-corrected chi connectivity index (χ1v) is 8.66. The molecule has 1 saturated heterocycles. The van der Waals surface area contributed by atoms with Crippen molar-refractivity contribution in [1.82, 2.24) is 20.1 Å². The minimum Gasteiger partial charge on any atom is -0.456 e. The molecule has 3 rings (SSSR count). The number of aromatic nitrogens is 3. The molecule has 0 spiro atoms. The molecule has 0 aromatic carbocycles. The van der Waals surface area contributed by atoms with Crippen molar-refractivity contribution >= 4 is 11.9 Å². The number of piperidine rings is 1. The number of carbonyl (C=O) groups excluding carboxylic acids is 1. The Morgan fingerprint density at radius 3 is 2.75 bits per heavy atom. The van der Waals surface area contributed by atoms with Crippen molar-refractivity contribution in [3.05, 3.63) is 29.0 Å². The number of anilines is 1. The Balaban J connectivity index is 1.74. The lowest BCUT2D eigenvalue weighted by Crippen LogP contribution is -2.27. The van der Waals surface area contributed by atoms with E-state index in [0.717, 1.165) is 55.9 Å². The van der Waals surface area contributed by atoms with E-state index in [9.17, 15) is 4.79 Å². The van der Waals surface area contributed by atoms with Gasteiger partial charge in [0.2, 0.25) is 5.95 Å². The highest BCUT2D eigenvalue weighted by molar-refractivity contribution is 6.01. The molecule has 0 unspecified atom stereocenters. The van der Waals surface area contributed by atoms with Gasteiger partial charge < -0.3 is 9.73 Å². The van der Waals surface area contributed by atoms with E-state index in [1.165, 1.54) is 0 Å². The molecule has 0 atom stereocenters. The molecule has 2 aromatic rings. The lowest BCUT2D eigenvalue weighted by atomic mass is 9.98. The lowest BCUT2D eigenvalue weighted by molar-refractivity contribution is 0.0993. The molecular formula is C17H25N5O2. The van der Waals surface area contributed by atoms with Gasteiger partial charge in [0.25, 0.3) is 5.91 Å². The molecule has 0 radical (unpaired) electrons. The third-order valence-corrected chi connectivity index (χ3v) is 4.53. The number of hydrogen-bond donors (Lipinski definition) is 2. The van der Waals surface area contributed by atoms with Crippen molar-refractivity contribution in [2.24, 2.45) is 7.05 Å². The molecule has 2 N–H and O–H groups in total. The van der Waals surface area contributed by atoms with Gasteiger partial charge in [0.1, 0.15) is 5.76 Å². The molecule has 7 heteroatoms. The van der Waals surface area contributed by atoms with Gasteiger partial charge in [-0.05, 0) is 44.0 Å². The molecule has 2 aromatic heterocycles. The van der Waals surface area contributed by atoms with Crippen LogP contribution in [0, 0.1) is 0 Å². The van der Waals surface area contributed by atoms with E-state index in [1.807, 2.05) is 13.0 Å². The van der Waals surface area contributed by atoms with Crippen molar-refractivity contribution in [3.63, 3.8) is 0 Å². The highest BCUT2D eigenvalue weighted by Crippen LogP contribution is 2.24. The van der Waals surface area contributed by atoms with E-state index in [1.54, 1.807) is 11.7 Å². The molecule has 1 aliphatic rings. The van der Waals surface area contributed by atoms with Crippen molar-refractivity contribution in [1.29, 1.82) is 0 Å². The maximum Gasteiger partial charge on any atom is 0.293 e. The topological polar surface area (TPSA) is 85.0 Å². The van der Waals surface area contributed by atoms with Crippen LogP contribution in [0.5, 0.6) is 0 Å². The highest BCUT2D eigenvalue weighted by Gasteiger charge is 2.22. The summed E-state index contributed by atoms with van der Waals surface area (Å²) in [5, 5.41) is 10.6. The van der Waals surface area contributed by atoms with Crippen molar-refractivity contribution < 1.29 is 9.21 Å². The molecule has 3 heterocycles. The van der Waals surface area contributed by atoms with Crippen LogP contribution in [0.25, 0.3) is 0 Å². The summed E-state index contributed by atoms with van der Waals surface area (Å²) in [5.74, 6) is 2.53. The Bertz CT molecular complexity index is 691. The fourth-order valence-corrected chi connectivity index (χ4v) is 3.11. The first-order valence-electron chi connectivity index (χ1n) is 8.66. The van der Waals surface area contributed by atoms with Crippen LogP contribution in [0.3, 0.4) is 0 Å². The monoisotopic (exact) mass is 331 g/mol. The van der Waals surface area contributed by atoms with Gasteiger partial charge in [0, 0.05) is 19.4 Å². The summed E-state index contributed by atoms with van der Waals surface area (Å²) in [4.78, 5) is 17.0. The number of carbonyl (C=O) groups is 1. The fraction of sp³-hybridized carbons (Fsp3) is 0.588. The Labute approximate surface area is 141 Å². The number of amides is 1. The average molecular weight is 331 g/mol. The van der Waals surface area contributed by atoms with E-state index in [0.29, 0.717) is 17.6 Å². The first kappa shape index (κ1) is 16.7. The Kier molecular flexibility index (Phi) is 4.99. The van der Waals surface area contributed by atoms with Crippen molar-refractivity contribution in [3.8, 4) is 0 Å². The van der Waals surface area contributed by atoms with Crippen molar-refractivity contribution in [2.75, 3.05) is 18.4 Å². The van der Waals surface area contributed by atoms with Crippen LogP contribution >= 0.6 is 0 Å². The van der Waals surface area contributed by atoms with Gasteiger partial charge in [-0.2, -0.15) is 10.1 Å². The molecule has 1 amide bonds. The van der Waals surface area contributed by atoms with Gasteiger partial charge in [0.15, 0.2) is 11.6 Å². The van der Waals surface area contributed by atoms with Crippen LogP contribution in [0.4, 0.5) is 5.95 Å². The fourth-order valence-electron chi connectivity index (χ4n) is 3.11. The smallest absolute Gasteiger partial charge is 0.293 e. The van der Waals surface area contributed by atoms with Gasteiger partial charge in [-0.3, -0.25) is 10.1 Å². The molecule has 7 nitrogen and oxygen atoms in total. The number of nitrogens with one attached hydrogen (secondary N) is 2. The lowest BCUT2D eigenvalue weighted by Gasteiger charge is -2.19. The first-order chi connectivity index (χ1) is 11.6. The second kappa shape index (κ2) is 7.17. The van der Waals surface area contributed by atoms with Crippen LogP contribution in [-0.4, -0.2) is 33.8 Å². The van der Waals surface area contributed by atoms with Crippen LogP contribution in [0.15, 0.2) is 10.5 Å². The zero-order valence-electron chi connectivity index (χ0n) is 14.6. The zero-order chi connectivity index (χ0) is 17.1. The summed E-state index contributed by atoms with van der Waals surface area (Å²) >= 11 is 0. The van der Waals surface area contributed by atoms with Gasteiger partial charge >= 0.3 is 0 Å². The summed E-state index contributed by atoms with van der Waals surface area (Å²) in [5.41, 5.74) is 1.08. The number of aryl methyl sites for hydroxylation is 3. The molecule has 0 saturated carbocycles. The molecule has 0 bridgehead atoms. The van der Waals surface area contributed by atoms with Crippen LogP contribution in [-0.2, 0) is 19.9 Å². The van der Waals surface area contributed by atoms with E-state index < -0.39 is 0 Å². The normalized spacial score (nSPS) is 15.6. The quantitative estimate of drug-likeness (QED) is 0.878. The SMILES string of the molecule is CCc1cc(C(=O)Nc2nc(C3CCNCC3)nn2C)oc1CC. The second-order valence-electron chi connectivity index (χ2n) is 6.16. The largest absolute Gasteiger partial charge is 0.456 e. The predicted octanol–water partition coefficient (Wildman–Crippen LogP) is 2.25. The van der Waals surface area contributed by atoms with E-state index in [2.05, 4.69) is 27.6 Å². The van der Waals surface area contributed by atoms with Crippen LogP contribution in [0.1, 0.15) is 60.3 Å². The number of rotatable bonds is 5. The minimum atomic E-state index is -0.281. The average Bonchev–Trinajstić information content (AvgIpc) is 3.19. The van der Waals surface area contributed by atoms with Gasteiger partial charge in [0.05, 0.1) is 0 Å². The summed E-state index contributed by atoms with van der Waals surface area (Å²) < 4.78 is 7.30. The number of hydrogen-bond acceptors (Lipinski definition) is 5. The van der Waals surface area contributed by atoms with E-state index in [-0.39, 0.29) is 5.91 Å². The third-order valence-electron chi connectivity index (χ3n) is 4.53.